The van der Waals surface area contributed by atoms with Crippen molar-refractivity contribution >= 4 is 28.8 Å². The van der Waals surface area contributed by atoms with Gasteiger partial charge in [0.25, 0.3) is 5.91 Å². The number of fused-ring (bicyclic) bond motifs is 1. The van der Waals surface area contributed by atoms with E-state index in [1.165, 1.54) is 5.69 Å². The third kappa shape index (κ3) is 4.30. The van der Waals surface area contributed by atoms with Crippen LogP contribution in [-0.2, 0) is 13.0 Å². The van der Waals surface area contributed by atoms with E-state index in [4.69, 9.17) is 11.6 Å². The maximum atomic E-state index is 12.9. The van der Waals surface area contributed by atoms with Crippen LogP contribution in [0.15, 0.2) is 42.6 Å². The number of carbonyl (C=O) groups excluding carboxylic acids is 1. The van der Waals surface area contributed by atoms with Crippen molar-refractivity contribution in [2.75, 3.05) is 24.6 Å². The number of benzene rings is 1. The fraction of sp³-hybridized carbons (Fsp3) is 0.391. The monoisotopic (exact) mass is 426 g/mol. The Labute approximate surface area is 181 Å². The van der Waals surface area contributed by atoms with Crippen LogP contribution in [0.3, 0.4) is 0 Å². The number of hydrogen-bond acceptors (Lipinski definition) is 4. The van der Waals surface area contributed by atoms with Crippen LogP contribution in [-0.4, -0.2) is 40.1 Å². The van der Waals surface area contributed by atoms with Crippen molar-refractivity contribution in [1.82, 2.24) is 14.7 Å². The second-order valence-corrected chi connectivity index (χ2v) is 8.23. The highest BCUT2D eigenvalue weighted by Gasteiger charge is 2.20. The Morgan fingerprint density at radius 2 is 1.97 bits per heavy atom. The number of pyridine rings is 1. The minimum atomic E-state index is -0.142. The molecule has 6 nitrogen and oxygen atoms in total. The van der Waals surface area contributed by atoms with E-state index in [9.17, 15) is 9.90 Å². The van der Waals surface area contributed by atoms with Gasteiger partial charge in [-0.1, -0.05) is 30.7 Å². The first-order valence-electron chi connectivity index (χ1n) is 10.5. The van der Waals surface area contributed by atoms with Crippen molar-refractivity contribution in [2.45, 2.75) is 32.7 Å². The number of nitrogens with one attached hydrogen (secondary N) is 1. The number of anilines is 1. The number of nitrogens with zero attached hydrogens (tertiary/aromatic N) is 3. The predicted molar refractivity (Wildman–Crippen MR) is 119 cm³/mol. The predicted octanol–water partition coefficient (Wildman–Crippen LogP) is 3.69. The number of piperidine rings is 1. The summed E-state index contributed by atoms with van der Waals surface area (Å²) in [6.45, 7) is 4.67. The Morgan fingerprint density at radius 1 is 1.23 bits per heavy atom. The highest BCUT2D eigenvalue weighted by atomic mass is 35.5. The highest BCUT2D eigenvalue weighted by Crippen LogP contribution is 2.23. The molecule has 1 saturated heterocycles. The van der Waals surface area contributed by atoms with Gasteiger partial charge in [-0.15, -0.1) is 0 Å². The molecule has 4 rings (SSSR count). The first-order valence-corrected chi connectivity index (χ1v) is 10.9. The molecule has 2 N–H and O–H groups in total. The van der Waals surface area contributed by atoms with Gasteiger partial charge >= 0.3 is 0 Å². The van der Waals surface area contributed by atoms with Gasteiger partial charge in [0, 0.05) is 49.2 Å². The van der Waals surface area contributed by atoms with Crippen LogP contribution in [0.1, 0.15) is 41.5 Å². The van der Waals surface area contributed by atoms with Crippen molar-refractivity contribution in [3.8, 4) is 0 Å². The summed E-state index contributed by atoms with van der Waals surface area (Å²) in [5.74, 6) is 0.288. The largest absolute Gasteiger partial charge is 0.396 e. The van der Waals surface area contributed by atoms with Gasteiger partial charge in [-0.25, -0.2) is 4.98 Å². The van der Waals surface area contributed by atoms with E-state index in [2.05, 4.69) is 39.5 Å². The lowest BCUT2D eigenvalue weighted by Gasteiger charge is -2.33. The van der Waals surface area contributed by atoms with Gasteiger partial charge in [-0.05, 0) is 48.9 Å². The molecule has 0 atom stereocenters. The van der Waals surface area contributed by atoms with E-state index in [0.717, 1.165) is 37.2 Å². The van der Waals surface area contributed by atoms with Crippen LogP contribution < -0.4 is 10.2 Å². The number of aliphatic hydroxyl groups is 1. The molecule has 2 aromatic heterocycles. The summed E-state index contributed by atoms with van der Waals surface area (Å²) in [4.78, 5) is 19.8. The van der Waals surface area contributed by atoms with Crippen molar-refractivity contribution in [3.05, 3.63) is 64.6 Å². The third-order valence-corrected chi connectivity index (χ3v) is 6.07. The molecule has 1 fully saturated rings. The molecule has 0 radical (unpaired) electrons. The number of aryl methyl sites for hydroxylation is 1. The Balaban J connectivity index is 1.41. The molecule has 30 heavy (non-hydrogen) atoms. The van der Waals surface area contributed by atoms with Crippen LogP contribution in [0.25, 0.3) is 5.65 Å². The molecule has 3 aromatic rings. The molecule has 1 amide bonds. The highest BCUT2D eigenvalue weighted by molar-refractivity contribution is 6.30. The molecule has 0 aliphatic carbocycles. The van der Waals surface area contributed by atoms with Gasteiger partial charge in [0.15, 0.2) is 0 Å². The van der Waals surface area contributed by atoms with Gasteiger partial charge in [0.1, 0.15) is 11.3 Å². The molecule has 1 aromatic carbocycles. The molecule has 3 heterocycles. The van der Waals surface area contributed by atoms with Crippen molar-refractivity contribution in [1.29, 1.82) is 0 Å². The zero-order chi connectivity index (χ0) is 21.1. The standard InChI is InChI=1S/C23H27ClN4O2/c1-2-20-22(28-12-9-18(24)13-21(28)26-20)23(30)25-14-16-3-5-19(6-4-16)27-10-7-17(15-29)8-11-27/h3-6,9,12-13,17,29H,2,7-8,10-11,14-15H2,1H3,(H,25,30). The summed E-state index contributed by atoms with van der Waals surface area (Å²) < 4.78 is 1.79. The van der Waals surface area contributed by atoms with E-state index in [1.807, 2.05) is 6.92 Å². The lowest BCUT2D eigenvalue weighted by atomic mass is 9.97. The van der Waals surface area contributed by atoms with Gasteiger partial charge in [-0.3, -0.25) is 9.20 Å². The van der Waals surface area contributed by atoms with E-state index in [-0.39, 0.29) is 12.5 Å². The second-order valence-electron chi connectivity index (χ2n) is 7.80. The summed E-state index contributed by atoms with van der Waals surface area (Å²) in [5, 5.41) is 12.9. The summed E-state index contributed by atoms with van der Waals surface area (Å²) in [6, 6.07) is 11.8. The number of aliphatic hydroxyl groups excluding tert-OH is 1. The first-order chi connectivity index (χ1) is 14.6. The molecular formula is C23H27ClN4O2. The summed E-state index contributed by atoms with van der Waals surface area (Å²) in [7, 11) is 0. The Bertz CT molecular complexity index is 1020. The number of amides is 1. The first kappa shape index (κ1) is 20.7. The van der Waals surface area contributed by atoms with Gasteiger partial charge in [0.05, 0.1) is 5.69 Å². The van der Waals surface area contributed by atoms with Gasteiger partial charge in [-0.2, -0.15) is 0 Å². The van der Waals surface area contributed by atoms with E-state index in [1.54, 1.807) is 22.7 Å². The van der Waals surface area contributed by atoms with Crippen molar-refractivity contribution in [3.63, 3.8) is 0 Å². The van der Waals surface area contributed by atoms with Crippen molar-refractivity contribution in [2.24, 2.45) is 5.92 Å². The maximum absolute atomic E-state index is 12.9. The van der Waals surface area contributed by atoms with Crippen LogP contribution in [0.4, 0.5) is 5.69 Å². The van der Waals surface area contributed by atoms with Crippen LogP contribution in [0, 0.1) is 5.92 Å². The number of imidazole rings is 1. The van der Waals surface area contributed by atoms with E-state index >= 15 is 0 Å². The lowest BCUT2D eigenvalue weighted by Crippen LogP contribution is -2.34. The zero-order valence-electron chi connectivity index (χ0n) is 17.1. The van der Waals surface area contributed by atoms with Crippen LogP contribution in [0.5, 0.6) is 0 Å². The van der Waals surface area contributed by atoms with Crippen LogP contribution in [0.2, 0.25) is 5.02 Å². The maximum Gasteiger partial charge on any atom is 0.270 e. The number of carbonyl (C=O) groups is 1. The average Bonchev–Trinajstić information content (AvgIpc) is 3.15. The molecule has 0 spiro atoms. The number of rotatable bonds is 6. The van der Waals surface area contributed by atoms with Crippen molar-refractivity contribution < 1.29 is 9.90 Å². The van der Waals surface area contributed by atoms with E-state index < -0.39 is 0 Å². The zero-order valence-corrected chi connectivity index (χ0v) is 17.9. The quantitative estimate of drug-likeness (QED) is 0.630. The molecule has 1 aliphatic heterocycles. The minimum Gasteiger partial charge on any atom is -0.396 e. The summed E-state index contributed by atoms with van der Waals surface area (Å²) >= 11 is 6.06. The van der Waals surface area contributed by atoms with Gasteiger partial charge in [0.2, 0.25) is 0 Å². The third-order valence-electron chi connectivity index (χ3n) is 5.84. The number of aromatic nitrogens is 2. The normalized spacial score (nSPS) is 15.0. The molecule has 0 saturated carbocycles. The lowest BCUT2D eigenvalue weighted by molar-refractivity contribution is 0.0944. The van der Waals surface area contributed by atoms with E-state index in [0.29, 0.717) is 35.2 Å². The SMILES string of the molecule is CCc1nc2cc(Cl)ccn2c1C(=O)NCc1ccc(N2CCC(CO)CC2)cc1. The summed E-state index contributed by atoms with van der Waals surface area (Å²) in [5.41, 5.74) is 4.24. The number of halogens is 1. The average molecular weight is 427 g/mol. The second kappa shape index (κ2) is 9.06. The molecule has 158 valence electrons. The summed E-state index contributed by atoms with van der Waals surface area (Å²) in [6.07, 6.45) is 4.51. The van der Waals surface area contributed by atoms with Gasteiger partial charge < -0.3 is 15.3 Å². The topological polar surface area (TPSA) is 69.9 Å². The molecule has 0 bridgehead atoms. The molecular weight excluding hydrogens is 400 g/mol. The Morgan fingerprint density at radius 3 is 2.63 bits per heavy atom. The van der Waals surface area contributed by atoms with Crippen LogP contribution >= 0.6 is 11.6 Å². The number of hydrogen-bond donors (Lipinski definition) is 2. The smallest absolute Gasteiger partial charge is 0.270 e. The minimum absolute atomic E-state index is 0.142. The fourth-order valence-electron chi connectivity index (χ4n) is 4.02. The molecule has 1 aliphatic rings. The molecule has 0 unspecified atom stereocenters. The fourth-order valence-corrected chi connectivity index (χ4v) is 4.17. The Hall–Kier alpha value is -2.57. The molecule has 7 heteroatoms. The Kier molecular flexibility index (Phi) is 6.25.